The van der Waals surface area contributed by atoms with Crippen LogP contribution in [-0.4, -0.2) is 27.4 Å². The topological polar surface area (TPSA) is 76.0 Å². The summed E-state index contributed by atoms with van der Waals surface area (Å²) >= 11 is 0. The van der Waals surface area contributed by atoms with E-state index >= 15 is 0 Å². The van der Waals surface area contributed by atoms with Gasteiger partial charge in [-0.15, -0.1) is 0 Å². The van der Waals surface area contributed by atoms with E-state index in [0.29, 0.717) is 17.4 Å². The van der Waals surface area contributed by atoms with Crippen LogP contribution in [0.15, 0.2) is 48.5 Å². The number of hydrogen-bond acceptors (Lipinski definition) is 3. The minimum atomic E-state index is -0.339. The Hall–Kier alpha value is -3.15. The lowest BCUT2D eigenvalue weighted by molar-refractivity contribution is -0.121. The predicted molar refractivity (Wildman–Crippen MR) is 108 cm³/mol. The van der Waals surface area contributed by atoms with Gasteiger partial charge in [0.2, 0.25) is 5.91 Å². The van der Waals surface area contributed by atoms with Crippen LogP contribution in [0.25, 0.3) is 11.0 Å². The molecule has 1 fully saturated rings. The van der Waals surface area contributed by atoms with E-state index in [1.165, 1.54) is 0 Å². The van der Waals surface area contributed by atoms with E-state index in [0.717, 1.165) is 29.4 Å². The molecule has 3 aromatic rings. The maximum atomic E-state index is 12.7. The number of nitrogens with one attached hydrogen (secondary N) is 2. The number of aryl methyl sites for hydroxylation is 1. The molecular formula is C22H24N4O2. The molecule has 4 rings (SSSR count). The Morgan fingerprint density at radius 1 is 1.18 bits per heavy atom. The van der Waals surface area contributed by atoms with Gasteiger partial charge in [-0.3, -0.25) is 9.59 Å². The van der Waals surface area contributed by atoms with Gasteiger partial charge in [-0.1, -0.05) is 29.8 Å². The Bertz CT molecular complexity index is 1040. The number of aromatic nitrogens is 2. The number of amides is 2. The lowest BCUT2D eigenvalue weighted by Gasteiger charge is -2.16. The molecule has 1 unspecified atom stereocenters. The molecule has 2 amide bonds. The van der Waals surface area contributed by atoms with Crippen molar-refractivity contribution in [2.45, 2.75) is 45.3 Å². The fourth-order valence-corrected chi connectivity index (χ4v) is 3.37. The van der Waals surface area contributed by atoms with Gasteiger partial charge < -0.3 is 15.2 Å². The van der Waals surface area contributed by atoms with Crippen LogP contribution in [0.4, 0.5) is 0 Å². The van der Waals surface area contributed by atoms with Crippen molar-refractivity contribution in [2.75, 3.05) is 0 Å². The second-order valence-electron chi connectivity index (χ2n) is 7.45. The Labute approximate surface area is 164 Å². The van der Waals surface area contributed by atoms with Crippen LogP contribution in [-0.2, 0) is 11.3 Å². The van der Waals surface area contributed by atoms with Gasteiger partial charge >= 0.3 is 0 Å². The summed E-state index contributed by atoms with van der Waals surface area (Å²) in [4.78, 5) is 29.8. The van der Waals surface area contributed by atoms with Crippen LogP contribution < -0.4 is 10.6 Å². The maximum Gasteiger partial charge on any atom is 0.251 e. The molecule has 0 aliphatic heterocycles. The van der Waals surface area contributed by atoms with Crippen LogP contribution in [0, 0.1) is 6.92 Å². The van der Waals surface area contributed by atoms with Crippen molar-refractivity contribution in [1.29, 1.82) is 0 Å². The second-order valence-corrected chi connectivity index (χ2v) is 7.45. The van der Waals surface area contributed by atoms with Crippen LogP contribution >= 0.6 is 0 Å². The average molecular weight is 376 g/mol. The van der Waals surface area contributed by atoms with Crippen LogP contribution in [0.2, 0.25) is 0 Å². The average Bonchev–Trinajstić information content (AvgIpc) is 3.41. The number of benzene rings is 2. The molecule has 2 N–H and O–H groups in total. The summed E-state index contributed by atoms with van der Waals surface area (Å²) in [5, 5.41) is 6.03. The molecule has 28 heavy (non-hydrogen) atoms. The number of carbonyl (C=O) groups excluding carboxylic acids is 2. The molecule has 1 aliphatic rings. The quantitative estimate of drug-likeness (QED) is 0.694. The Morgan fingerprint density at radius 3 is 2.71 bits per heavy atom. The number of fused-ring (bicyclic) bond motifs is 1. The van der Waals surface area contributed by atoms with E-state index < -0.39 is 0 Å². The lowest BCUT2D eigenvalue weighted by atomic mass is 10.1. The zero-order valence-corrected chi connectivity index (χ0v) is 16.1. The van der Waals surface area contributed by atoms with Crippen molar-refractivity contribution in [1.82, 2.24) is 20.2 Å². The van der Waals surface area contributed by atoms with Crippen molar-refractivity contribution in [2.24, 2.45) is 0 Å². The molecule has 0 radical (unpaired) electrons. The summed E-state index contributed by atoms with van der Waals surface area (Å²) < 4.78 is 1.90. The molecule has 2 aromatic carbocycles. The van der Waals surface area contributed by atoms with Gasteiger partial charge in [0.1, 0.15) is 12.4 Å². The largest absolute Gasteiger partial charge is 0.352 e. The molecule has 0 bridgehead atoms. The number of imidazole rings is 1. The Kier molecular flexibility index (Phi) is 4.86. The van der Waals surface area contributed by atoms with E-state index in [9.17, 15) is 9.59 Å². The SMILES string of the molecule is Cc1cccc(C(=O)NC(C)c2nc3ccccc3n2CC(=O)NC2CC2)c1. The lowest BCUT2D eigenvalue weighted by Crippen LogP contribution is -2.32. The normalized spacial score (nSPS) is 14.6. The molecule has 0 saturated heterocycles. The van der Waals surface area contributed by atoms with Crippen LogP contribution in [0.1, 0.15) is 47.6 Å². The summed E-state index contributed by atoms with van der Waals surface area (Å²) in [5.74, 6) is 0.495. The highest BCUT2D eigenvalue weighted by Crippen LogP contribution is 2.22. The predicted octanol–water partition coefficient (Wildman–Crippen LogP) is 3.11. The highest BCUT2D eigenvalue weighted by Gasteiger charge is 2.25. The molecule has 1 saturated carbocycles. The van der Waals surface area contributed by atoms with E-state index in [1.54, 1.807) is 6.07 Å². The second kappa shape index (κ2) is 7.46. The fourth-order valence-electron chi connectivity index (χ4n) is 3.37. The summed E-state index contributed by atoms with van der Waals surface area (Å²) in [6.45, 7) is 4.04. The molecule has 1 heterocycles. The molecule has 1 aliphatic carbocycles. The monoisotopic (exact) mass is 376 g/mol. The van der Waals surface area contributed by atoms with Gasteiger partial charge in [-0.05, 0) is 51.0 Å². The Balaban J connectivity index is 1.60. The van der Waals surface area contributed by atoms with E-state index in [4.69, 9.17) is 4.98 Å². The van der Waals surface area contributed by atoms with E-state index in [-0.39, 0.29) is 24.4 Å². The van der Waals surface area contributed by atoms with Crippen molar-refractivity contribution < 1.29 is 9.59 Å². The first-order valence-electron chi connectivity index (χ1n) is 9.63. The fraction of sp³-hybridized carbons (Fsp3) is 0.318. The van der Waals surface area contributed by atoms with E-state index in [2.05, 4.69) is 10.6 Å². The standard InChI is InChI=1S/C22H24N4O2/c1-14-6-5-7-16(12-14)22(28)23-15(2)21-25-18-8-3-4-9-19(18)26(21)13-20(27)24-17-10-11-17/h3-9,12,15,17H,10-11,13H2,1-2H3,(H,23,28)(H,24,27). The highest BCUT2D eigenvalue weighted by molar-refractivity contribution is 5.94. The minimum absolute atomic E-state index is 0.0240. The van der Waals surface area contributed by atoms with Crippen molar-refractivity contribution >= 4 is 22.8 Å². The van der Waals surface area contributed by atoms with Gasteiger partial charge in [0, 0.05) is 11.6 Å². The van der Waals surface area contributed by atoms with Gasteiger partial charge in [0.15, 0.2) is 0 Å². The third-order valence-electron chi connectivity index (χ3n) is 4.94. The van der Waals surface area contributed by atoms with Crippen molar-refractivity contribution in [3.05, 3.63) is 65.5 Å². The molecule has 0 spiro atoms. The summed E-state index contributed by atoms with van der Waals surface area (Å²) in [6.07, 6.45) is 2.10. The van der Waals surface area contributed by atoms with Gasteiger partial charge in [0.25, 0.3) is 5.91 Å². The molecular weight excluding hydrogens is 352 g/mol. The number of carbonyl (C=O) groups is 2. The van der Waals surface area contributed by atoms with Crippen LogP contribution in [0.5, 0.6) is 0 Å². The number of hydrogen-bond donors (Lipinski definition) is 2. The number of nitrogens with zero attached hydrogens (tertiary/aromatic N) is 2. The first-order chi connectivity index (χ1) is 13.5. The molecule has 6 nitrogen and oxygen atoms in total. The van der Waals surface area contributed by atoms with E-state index in [1.807, 2.05) is 60.9 Å². The van der Waals surface area contributed by atoms with Gasteiger partial charge in [-0.2, -0.15) is 0 Å². The zero-order chi connectivity index (χ0) is 19.7. The molecule has 1 atom stereocenters. The van der Waals surface area contributed by atoms with Crippen LogP contribution in [0.3, 0.4) is 0 Å². The maximum absolute atomic E-state index is 12.7. The molecule has 6 heteroatoms. The Morgan fingerprint density at radius 2 is 1.96 bits per heavy atom. The van der Waals surface area contributed by atoms with Gasteiger partial charge in [0.05, 0.1) is 17.1 Å². The smallest absolute Gasteiger partial charge is 0.251 e. The summed E-state index contributed by atoms with van der Waals surface area (Å²) in [6, 6.07) is 15.2. The highest BCUT2D eigenvalue weighted by atomic mass is 16.2. The van der Waals surface area contributed by atoms with Gasteiger partial charge in [-0.25, -0.2) is 4.98 Å². The third kappa shape index (κ3) is 3.91. The third-order valence-corrected chi connectivity index (χ3v) is 4.94. The summed E-state index contributed by atoms with van der Waals surface area (Å²) in [7, 11) is 0. The first kappa shape index (κ1) is 18.2. The summed E-state index contributed by atoms with van der Waals surface area (Å²) in [5.41, 5.74) is 3.35. The minimum Gasteiger partial charge on any atom is -0.352 e. The molecule has 144 valence electrons. The van der Waals surface area contributed by atoms with Crippen molar-refractivity contribution in [3.63, 3.8) is 0 Å². The van der Waals surface area contributed by atoms with Crippen molar-refractivity contribution in [3.8, 4) is 0 Å². The first-order valence-corrected chi connectivity index (χ1v) is 9.63. The molecule has 1 aromatic heterocycles. The number of rotatable bonds is 6. The number of para-hydroxylation sites is 2. The zero-order valence-electron chi connectivity index (χ0n) is 16.1.